The van der Waals surface area contributed by atoms with Crippen LogP contribution in [0.5, 0.6) is 0 Å². The molecular weight excluding hydrogens is 270 g/mol. The number of alkyl carbamates (subject to hydrolysis) is 1. The zero-order valence-electron chi connectivity index (χ0n) is 12.1. The van der Waals surface area contributed by atoms with E-state index in [2.05, 4.69) is 11.9 Å². The van der Waals surface area contributed by atoms with Crippen molar-refractivity contribution in [3.05, 3.63) is 12.3 Å². The van der Waals surface area contributed by atoms with Crippen LogP contribution in [0.1, 0.15) is 44.9 Å². The number of nitrogens with one attached hydrogen (secondary N) is 1. The fourth-order valence-electron chi connectivity index (χ4n) is 5.20. The molecule has 5 nitrogen and oxygen atoms in total. The first kappa shape index (κ1) is 13.2. The first-order valence-electron chi connectivity index (χ1n) is 7.90. The second-order valence-electron chi connectivity index (χ2n) is 7.35. The van der Waals surface area contributed by atoms with Gasteiger partial charge in [-0.25, -0.2) is 9.59 Å². The van der Waals surface area contributed by atoms with Gasteiger partial charge in [-0.05, 0) is 56.3 Å². The zero-order chi connectivity index (χ0) is 14.6. The fourth-order valence-corrected chi connectivity index (χ4v) is 5.20. The number of amides is 1. The maximum Gasteiger partial charge on any atom is 0.408 e. The molecule has 0 aromatic rings. The molecule has 1 N–H and O–H groups in total. The van der Waals surface area contributed by atoms with Crippen LogP contribution in [-0.2, 0) is 14.3 Å². The molecule has 1 heterocycles. The summed E-state index contributed by atoms with van der Waals surface area (Å²) in [4.78, 5) is 23.7. The molecule has 5 aliphatic rings. The number of rotatable bonds is 2. The van der Waals surface area contributed by atoms with Crippen LogP contribution in [0.15, 0.2) is 12.3 Å². The van der Waals surface area contributed by atoms with Crippen LogP contribution in [0, 0.1) is 17.8 Å². The molecule has 4 bridgehead atoms. The molecule has 1 atom stereocenters. The molecule has 5 fully saturated rings. The highest BCUT2D eigenvalue weighted by Gasteiger charge is 2.53. The van der Waals surface area contributed by atoms with Crippen LogP contribution in [0.3, 0.4) is 0 Å². The highest BCUT2D eigenvalue weighted by Crippen LogP contribution is 2.57. The highest BCUT2D eigenvalue weighted by atomic mass is 16.6. The standard InChI is InChI=1S/C16H21NO4/c1-9-2-13(14(18)20-9)17-15(19)21-16-6-10-3-11(7-16)5-12(4-10)8-16/h10-13H,1-8H2,(H,17,19)/t10?,11?,12?,13-,16?/m0/s1. The number of cyclic esters (lactones) is 1. The average molecular weight is 291 g/mol. The van der Waals surface area contributed by atoms with Crippen molar-refractivity contribution in [2.45, 2.75) is 56.6 Å². The monoisotopic (exact) mass is 291 g/mol. The Morgan fingerprint density at radius 3 is 2.24 bits per heavy atom. The van der Waals surface area contributed by atoms with E-state index >= 15 is 0 Å². The molecule has 1 aliphatic heterocycles. The summed E-state index contributed by atoms with van der Waals surface area (Å²) in [5, 5.41) is 2.64. The van der Waals surface area contributed by atoms with Crippen molar-refractivity contribution in [3.8, 4) is 0 Å². The van der Waals surface area contributed by atoms with E-state index in [-0.39, 0.29) is 5.60 Å². The van der Waals surface area contributed by atoms with Gasteiger partial charge in [0.25, 0.3) is 0 Å². The molecule has 4 saturated carbocycles. The topological polar surface area (TPSA) is 64.6 Å². The summed E-state index contributed by atoms with van der Waals surface area (Å²) in [6.07, 6.45) is 6.76. The molecule has 114 valence electrons. The van der Waals surface area contributed by atoms with Crippen LogP contribution in [0.4, 0.5) is 4.79 Å². The van der Waals surface area contributed by atoms with Gasteiger partial charge in [-0.15, -0.1) is 0 Å². The van der Waals surface area contributed by atoms with E-state index in [1.165, 1.54) is 19.3 Å². The largest absolute Gasteiger partial charge is 0.443 e. The van der Waals surface area contributed by atoms with Crippen molar-refractivity contribution >= 4 is 12.1 Å². The predicted molar refractivity (Wildman–Crippen MR) is 74.2 cm³/mol. The summed E-state index contributed by atoms with van der Waals surface area (Å²) in [6, 6.07) is -0.640. The SMILES string of the molecule is C=C1C[C@H](NC(=O)OC23CC4CC(CC(C4)C2)C3)C(=O)O1. The number of esters is 1. The Morgan fingerprint density at radius 2 is 1.76 bits per heavy atom. The summed E-state index contributed by atoms with van der Waals surface area (Å²) in [5.41, 5.74) is -0.279. The lowest BCUT2D eigenvalue weighted by atomic mass is 9.54. The normalized spacial score (nSPS) is 43.8. The molecule has 1 saturated heterocycles. The Hall–Kier alpha value is -1.52. The van der Waals surface area contributed by atoms with Gasteiger partial charge in [-0.2, -0.15) is 0 Å². The second kappa shape index (κ2) is 4.49. The molecule has 5 heteroatoms. The molecule has 1 amide bonds. The van der Waals surface area contributed by atoms with Gasteiger partial charge < -0.3 is 14.8 Å². The summed E-state index contributed by atoms with van der Waals surface area (Å²) in [6.45, 7) is 3.61. The third-order valence-electron chi connectivity index (χ3n) is 5.54. The van der Waals surface area contributed by atoms with Gasteiger partial charge in [0.05, 0.1) is 0 Å². The van der Waals surface area contributed by atoms with Gasteiger partial charge in [-0.3, -0.25) is 0 Å². The van der Waals surface area contributed by atoms with E-state index in [0.717, 1.165) is 37.0 Å². The third-order valence-corrected chi connectivity index (χ3v) is 5.54. The maximum absolute atomic E-state index is 12.2. The van der Waals surface area contributed by atoms with Crippen molar-refractivity contribution in [2.75, 3.05) is 0 Å². The maximum atomic E-state index is 12.2. The second-order valence-corrected chi connectivity index (χ2v) is 7.35. The summed E-state index contributed by atoms with van der Waals surface area (Å²) in [7, 11) is 0. The van der Waals surface area contributed by atoms with Crippen LogP contribution in [0.2, 0.25) is 0 Å². The molecular formula is C16H21NO4. The van der Waals surface area contributed by atoms with E-state index in [9.17, 15) is 9.59 Å². The smallest absolute Gasteiger partial charge is 0.408 e. The van der Waals surface area contributed by atoms with E-state index in [1.807, 2.05) is 0 Å². The van der Waals surface area contributed by atoms with Crippen LogP contribution < -0.4 is 5.32 Å². The van der Waals surface area contributed by atoms with Gasteiger partial charge in [0.2, 0.25) is 0 Å². The number of carbonyl (C=O) groups is 2. The van der Waals surface area contributed by atoms with Crippen molar-refractivity contribution in [1.29, 1.82) is 0 Å². The molecule has 21 heavy (non-hydrogen) atoms. The van der Waals surface area contributed by atoms with Crippen molar-refractivity contribution in [2.24, 2.45) is 17.8 Å². The van der Waals surface area contributed by atoms with Crippen LogP contribution in [0.25, 0.3) is 0 Å². The highest BCUT2D eigenvalue weighted by molar-refractivity contribution is 5.84. The van der Waals surface area contributed by atoms with Crippen molar-refractivity contribution in [1.82, 2.24) is 5.32 Å². The minimum absolute atomic E-state index is 0.279. The molecule has 0 aromatic heterocycles. The number of hydrogen-bond acceptors (Lipinski definition) is 4. The van der Waals surface area contributed by atoms with Crippen LogP contribution >= 0.6 is 0 Å². The molecule has 0 unspecified atom stereocenters. The minimum atomic E-state index is -0.640. The first-order chi connectivity index (χ1) is 10.0. The Balaban J connectivity index is 1.40. The average Bonchev–Trinajstić information content (AvgIpc) is 2.64. The number of carbonyl (C=O) groups excluding carboxylic acids is 2. The first-order valence-corrected chi connectivity index (χ1v) is 7.90. The Labute approximate surface area is 124 Å². The lowest BCUT2D eigenvalue weighted by Crippen LogP contribution is -2.54. The minimum Gasteiger partial charge on any atom is -0.443 e. The number of ether oxygens (including phenoxy) is 2. The molecule has 0 aromatic carbocycles. The van der Waals surface area contributed by atoms with Gasteiger partial charge in [0.15, 0.2) is 0 Å². The molecule has 4 aliphatic carbocycles. The quantitative estimate of drug-likeness (QED) is 0.794. The van der Waals surface area contributed by atoms with Gasteiger partial charge in [0.1, 0.15) is 17.4 Å². The van der Waals surface area contributed by atoms with E-state index in [0.29, 0.717) is 12.2 Å². The van der Waals surface area contributed by atoms with Gasteiger partial charge >= 0.3 is 12.1 Å². The Bertz CT molecular complexity index is 477. The Morgan fingerprint density at radius 1 is 1.19 bits per heavy atom. The summed E-state index contributed by atoms with van der Waals surface area (Å²) >= 11 is 0. The van der Waals surface area contributed by atoms with Crippen LogP contribution in [-0.4, -0.2) is 23.7 Å². The van der Waals surface area contributed by atoms with E-state index in [4.69, 9.17) is 9.47 Å². The fraction of sp³-hybridized carbons (Fsp3) is 0.750. The number of hydrogen-bond donors (Lipinski definition) is 1. The summed E-state index contributed by atoms with van der Waals surface area (Å²) in [5.74, 6) is 2.13. The molecule has 0 radical (unpaired) electrons. The molecule has 5 rings (SSSR count). The Kier molecular flexibility index (Phi) is 2.81. The lowest BCUT2D eigenvalue weighted by molar-refractivity contribution is -0.139. The van der Waals surface area contributed by atoms with Gasteiger partial charge in [-0.1, -0.05) is 6.58 Å². The van der Waals surface area contributed by atoms with Crippen molar-refractivity contribution in [3.63, 3.8) is 0 Å². The lowest BCUT2D eigenvalue weighted by Gasteiger charge is -2.55. The molecule has 0 spiro atoms. The third kappa shape index (κ3) is 2.32. The summed E-state index contributed by atoms with van der Waals surface area (Å²) < 4.78 is 10.7. The van der Waals surface area contributed by atoms with E-state index < -0.39 is 18.1 Å². The van der Waals surface area contributed by atoms with E-state index in [1.54, 1.807) is 0 Å². The van der Waals surface area contributed by atoms with Crippen molar-refractivity contribution < 1.29 is 19.1 Å². The van der Waals surface area contributed by atoms with Gasteiger partial charge in [0, 0.05) is 6.42 Å². The zero-order valence-corrected chi connectivity index (χ0v) is 12.1. The predicted octanol–water partition coefficient (Wildman–Crippen LogP) is 2.51.